The van der Waals surface area contributed by atoms with Gasteiger partial charge in [0, 0.05) is 19.7 Å². The highest BCUT2D eigenvalue weighted by atomic mass is 16.5. The third-order valence-corrected chi connectivity index (χ3v) is 5.03. The maximum Gasteiger partial charge on any atom is 0.307 e. The molecule has 0 radical (unpaired) electrons. The van der Waals surface area contributed by atoms with E-state index in [1.807, 2.05) is 4.90 Å². The lowest BCUT2D eigenvalue weighted by atomic mass is 9.90. The van der Waals surface area contributed by atoms with Crippen molar-refractivity contribution in [1.29, 1.82) is 0 Å². The van der Waals surface area contributed by atoms with Crippen LogP contribution in [0, 0.1) is 11.3 Å². The number of piperidine rings is 1. The summed E-state index contributed by atoms with van der Waals surface area (Å²) in [6, 6.07) is 0. The van der Waals surface area contributed by atoms with E-state index in [1.165, 1.54) is 0 Å². The maximum absolute atomic E-state index is 12.1. The van der Waals surface area contributed by atoms with Gasteiger partial charge in [-0.2, -0.15) is 0 Å². The second kappa shape index (κ2) is 4.78. The van der Waals surface area contributed by atoms with Crippen LogP contribution in [-0.4, -0.2) is 47.7 Å². The van der Waals surface area contributed by atoms with Crippen LogP contribution < -0.4 is 0 Å². The van der Waals surface area contributed by atoms with Gasteiger partial charge >= 0.3 is 5.97 Å². The maximum atomic E-state index is 12.1. The number of rotatable bonds is 3. The molecule has 2 aliphatic heterocycles. The summed E-state index contributed by atoms with van der Waals surface area (Å²) in [4.78, 5) is 25.0. The van der Waals surface area contributed by atoms with Crippen LogP contribution in [0.4, 0.5) is 0 Å². The first-order chi connectivity index (χ1) is 9.11. The number of ether oxygens (including phenoxy) is 1. The molecule has 5 nitrogen and oxygen atoms in total. The molecule has 1 aliphatic carbocycles. The molecule has 0 aromatic heterocycles. The van der Waals surface area contributed by atoms with Gasteiger partial charge in [-0.3, -0.25) is 9.59 Å². The predicted molar refractivity (Wildman–Crippen MR) is 67.6 cm³/mol. The van der Waals surface area contributed by atoms with E-state index < -0.39 is 5.97 Å². The third-order valence-electron chi connectivity index (χ3n) is 5.03. The fourth-order valence-electron chi connectivity index (χ4n) is 3.58. The molecule has 2 saturated heterocycles. The highest BCUT2D eigenvalue weighted by Gasteiger charge is 2.59. The van der Waals surface area contributed by atoms with Gasteiger partial charge in [0.05, 0.1) is 18.4 Å². The first-order valence-electron chi connectivity index (χ1n) is 7.23. The summed E-state index contributed by atoms with van der Waals surface area (Å²) in [5.74, 6) is -0.656. The number of carboxylic acids is 1. The third kappa shape index (κ3) is 2.48. The minimum absolute atomic E-state index is 0.00642. The second-order valence-corrected chi connectivity index (χ2v) is 6.18. The van der Waals surface area contributed by atoms with Crippen LogP contribution in [-0.2, 0) is 14.3 Å². The van der Waals surface area contributed by atoms with Crippen LogP contribution in [0.5, 0.6) is 0 Å². The molecule has 0 aromatic rings. The summed E-state index contributed by atoms with van der Waals surface area (Å²) in [7, 11) is 0. The molecule has 3 fully saturated rings. The van der Waals surface area contributed by atoms with Crippen molar-refractivity contribution in [2.24, 2.45) is 11.3 Å². The van der Waals surface area contributed by atoms with Crippen LogP contribution in [0.2, 0.25) is 0 Å². The molecule has 106 valence electrons. The van der Waals surface area contributed by atoms with Crippen molar-refractivity contribution in [3.05, 3.63) is 0 Å². The van der Waals surface area contributed by atoms with Gasteiger partial charge in [-0.05, 0) is 37.5 Å². The smallest absolute Gasteiger partial charge is 0.307 e. The van der Waals surface area contributed by atoms with Crippen molar-refractivity contribution in [2.75, 3.05) is 19.7 Å². The molecule has 1 saturated carbocycles. The van der Waals surface area contributed by atoms with Gasteiger partial charge in [-0.1, -0.05) is 0 Å². The first-order valence-corrected chi connectivity index (χ1v) is 7.23. The summed E-state index contributed by atoms with van der Waals surface area (Å²) >= 11 is 0. The van der Waals surface area contributed by atoms with E-state index in [9.17, 15) is 9.59 Å². The molecule has 3 rings (SSSR count). The van der Waals surface area contributed by atoms with E-state index in [4.69, 9.17) is 9.84 Å². The van der Waals surface area contributed by atoms with Crippen molar-refractivity contribution in [3.8, 4) is 0 Å². The Bertz CT molecular complexity index is 381. The molecule has 19 heavy (non-hydrogen) atoms. The van der Waals surface area contributed by atoms with Crippen molar-refractivity contribution in [3.63, 3.8) is 0 Å². The van der Waals surface area contributed by atoms with Gasteiger partial charge in [0.25, 0.3) is 0 Å². The lowest BCUT2D eigenvalue weighted by molar-refractivity contribution is -0.140. The normalized spacial score (nSPS) is 32.5. The predicted octanol–water partition coefficient (Wildman–Crippen LogP) is 1.27. The average Bonchev–Trinajstić information content (AvgIpc) is 2.84. The van der Waals surface area contributed by atoms with E-state index in [0.29, 0.717) is 6.42 Å². The fraction of sp³-hybridized carbons (Fsp3) is 0.857. The Morgan fingerprint density at radius 2 is 2.05 bits per heavy atom. The highest BCUT2D eigenvalue weighted by molar-refractivity contribution is 5.77. The lowest BCUT2D eigenvalue weighted by Crippen LogP contribution is -2.41. The van der Waals surface area contributed by atoms with Crippen molar-refractivity contribution >= 4 is 11.9 Å². The van der Waals surface area contributed by atoms with Gasteiger partial charge < -0.3 is 14.7 Å². The number of amides is 1. The fourth-order valence-corrected chi connectivity index (χ4v) is 3.58. The lowest BCUT2D eigenvalue weighted by Gasteiger charge is -2.33. The quantitative estimate of drug-likeness (QED) is 0.836. The van der Waals surface area contributed by atoms with Crippen LogP contribution >= 0.6 is 0 Å². The van der Waals surface area contributed by atoms with Crippen molar-refractivity contribution in [1.82, 2.24) is 4.90 Å². The SMILES string of the molecule is O=C(O)C1CC12CCN(C(=O)CC1CCCO1)CC2. The topological polar surface area (TPSA) is 66.8 Å². The minimum atomic E-state index is -0.667. The number of hydrogen-bond acceptors (Lipinski definition) is 3. The number of nitrogens with zero attached hydrogens (tertiary/aromatic N) is 1. The number of aliphatic carboxylic acids is 1. The Morgan fingerprint density at radius 1 is 1.32 bits per heavy atom. The number of carboxylic acid groups (broad SMARTS) is 1. The van der Waals surface area contributed by atoms with E-state index in [0.717, 1.165) is 51.8 Å². The molecule has 0 bridgehead atoms. The Morgan fingerprint density at radius 3 is 2.58 bits per heavy atom. The molecule has 2 unspecified atom stereocenters. The largest absolute Gasteiger partial charge is 0.481 e. The molecule has 1 amide bonds. The van der Waals surface area contributed by atoms with Crippen LogP contribution in [0.25, 0.3) is 0 Å². The monoisotopic (exact) mass is 267 g/mol. The Hall–Kier alpha value is -1.10. The zero-order valence-electron chi connectivity index (χ0n) is 11.1. The first kappa shape index (κ1) is 12.9. The molecule has 3 aliphatic rings. The summed E-state index contributed by atoms with van der Waals surface area (Å²) in [6.07, 6.45) is 5.15. The molecule has 1 N–H and O–H groups in total. The van der Waals surface area contributed by atoms with Gasteiger partial charge in [0.15, 0.2) is 0 Å². The standard InChI is InChI=1S/C14H21NO4/c16-12(8-10-2-1-7-19-10)15-5-3-14(4-6-15)9-11(14)13(17)18/h10-11H,1-9H2,(H,17,18). The van der Waals surface area contributed by atoms with Crippen molar-refractivity contribution in [2.45, 2.75) is 44.6 Å². The van der Waals surface area contributed by atoms with Gasteiger partial charge in [0.2, 0.25) is 5.91 Å². The Balaban J connectivity index is 1.47. The second-order valence-electron chi connectivity index (χ2n) is 6.18. The van der Waals surface area contributed by atoms with Gasteiger partial charge in [-0.15, -0.1) is 0 Å². The molecule has 0 aromatic carbocycles. The molecule has 2 atom stereocenters. The zero-order chi connectivity index (χ0) is 13.5. The summed E-state index contributed by atoms with van der Waals surface area (Å²) in [6.45, 7) is 2.21. The zero-order valence-corrected chi connectivity index (χ0v) is 11.1. The van der Waals surface area contributed by atoms with E-state index in [1.54, 1.807) is 0 Å². The number of hydrogen-bond donors (Lipinski definition) is 1. The van der Waals surface area contributed by atoms with Crippen LogP contribution in [0.3, 0.4) is 0 Å². The number of likely N-dealkylation sites (tertiary alicyclic amines) is 1. The highest BCUT2D eigenvalue weighted by Crippen LogP contribution is 2.59. The van der Waals surface area contributed by atoms with Gasteiger partial charge in [0.1, 0.15) is 0 Å². The van der Waals surface area contributed by atoms with Crippen LogP contribution in [0.1, 0.15) is 38.5 Å². The number of carbonyl (C=O) groups is 2. The van der Waals surface area contributed by atoms with E-state index >= 15 is 0 Å². The Kier molecular flexibility index (Phi) is 3.25. The minimum Gasteiger partial charge on any atom is -0.481 e. The van der Waals surface area contributed by atoms with Gasteiger partial charge in [-0.25, -0.2) is 0 Å². The summed E-state index contributed by atoms with van der Waals surface area (Å²) < 4.78 is 5.49. The van der Waals surface area contributed by atoms with Crippen molar-refractivity contribution < 1.29 is 19.4 Å². The molecular formula is C14H21NO4. The molecule has 2 heterocycles. The molecule has 1 spiro atoms. The van der Waals surface area contributed by atoms with E-state index in [-0.39, 0.29) is 23.3 Å². The number of carbonyl (C=O) groups excluding carboxylic acids is 1. The van der Waals surface area contributed by atoms with Crippen LogP contribution in [0.15, 0.2) is 0 Å². The van der Waals surface area contributed by atoms with E-state index in [2.05, 4.69) is 0 Å². The summed E-state index contributed by atoms with van der Waals surface area (Å²) in [5, 5.41) is 9.04. The average molecular weight is 267 g/mol. The molecule has 5 heteroatoms. The Labute approximate surface area is 112 Å². The summed E-state index contributed by atoms with van der Waals surface area (Å²) in [5.41, 5.74) is 0.00642. The molecular weight excluding hydrogens is 246 g/mol.